The maximum absolute atomic E-state index is 12.3. The van der Waals surface area contributed by atoms with E-state index in [0.717, 1.165) is 6.07 Å². The number of nitrogens with zero attached hydrogens (tertiary/aromatic N) is 3. The van der Waals surface area contributed by atoms with E-state index < -0.39 is 28.9 Å². The van der Waals surface area contributed by atoms with Crippen LogP contribution >= 0.6 is 0 Å². The van der Waals surface area contributed by atoms with E-state index in [9.17, 15) is 25.0 Å². The third-order valence-corrected chi connectivity index (χ3v) is 4.01. The number of carbonyl (C=O) groups excluding carboxylic acids is 2. The molecule has 1 aromatic rings. The molecule has 0 aliphatic rings. The van der Waals surface area contributed by atoms with Crippen LogP contribution in [0.4, 0.5) is 11.4 Å². The Morgan fingerprint density at radius 3 is 2.50 bits per heavy atom. The maximum atomic E-state index is 12.3. The first-order chi connectivity index (χ1) is 12.0. The molecule has 1 atom stereocenters. The summed E-state index contributed by atoms with van der Waals surface area (Å²) in [6.07, 6.45) is 0. The maximum Gasteiger partial charge on any atom is 0.341 e. The number of ether oxygens (including phenoxy) is 1. The van der Waals surface area contributed by atoms with E-state index in [4.69, 9.17) is 4.74 Å². The highest BCUT2D eigenvalue weighted by Gasteiger charge is 2.30. The van der Waals surface area contributed by atoms with Crippen molar-refractivity contribution in [2.24, 2.45) is 5.92 Å². The molecule has 0 aliphatic carbocycles. The number of benzene rings is 1. The molecule has 9 heteroatoms. The van der Waals surface area contributed by atoms with Crippen LogP contribution in [0.1, 0.15) is 31.1 Å². The first-order valence-electron chi connectivity index (χ1n) is 7.87. The Hall–Kier alpha value is -3.15. The minimum absolute atomic E-state index is 0.0242. The SMILES string of the molecule is CC(C)[C@](C)(C#N)NC(=O)COC(=O)c1cc([N+](=O)[O-])ccc1N(C)C. The van der Waals surface area contributed by atoms with Crippen molar-refractivity contribution in [2.75, 3.05) is 25.6 Å². The van der Waals surface area contributed by atoms with Crippen molar-refractivity contribution in [1.29, 1.82) is 5.26 Å². The second-order valence-corrected chi connectivity index (χ2v) is 6.45. The van der Waals surface area contributed by atoms with Gasteiger partial charge in [-0.3, -0.25) is 14.9 Å². The van der Waals surface area contributed by atoms with Gasteiger partial charge in [0.15, 0.2) is 6.61 Å². The van der Waals surface area contributed by atoms with E-state index in [1.54, 1.807) is 39.8 Å². The summed E-state index contributed by atoms with van der Waals surface area (Å²) in [7, 11) is 3.34. The minimum Gasteiger partial charge on any atom is -0.452 e. The second kappa shape index (κ2) is 8.29. The lowest BCUT2D eigenvalue weighted by molar-refractivity contribution is -0.384. The molecule has 1 amide bonds. The minimum atomic E-state index is -1.09. The number of nitrogens with one attached hydrogen (secondary N) is 1. The Balaban J connectivity index is 2.91. The molecule has 0 aromatic heterocycles. The molecule has 0 fully saturated rings. The van der Waals surface area contributed by atoms with Crippen molar-refractivity contribution >= 4 is 23.3 Å². The fourth-order valence-corrected chi connectivity index (χ4v) is 2.03. The van der Waals surface area contributed by atoms with Gasteiger partial charge in [-0.05, 0) is 18.9 Å². The average Bonchev–Trinajstić information content (AvgIpc) is 2.58. The predicted molar refractivity (Wildman–Crippen MR) is 94.7 cm³/mol. The Bertz CT molecular complexity index is 754. The number of esters is 1. The number of hydrogen-bond acceptors (Lipinski definition) is 7. The van der Waals surface area contributed by atoms with E-state index in [2.05, 4.69) is 5.32 Å². The quantitative estimate of drug-likeness (QED) is 0.446. The van der Waals surface area contributed by atoms with E-state index in [1.165, 1.54) is 12.1 Å². The van der Waals surface area contributed by atoms with E-state index in [-0.39, 0.29) is 17.2 Å². The zero-order valence-corrected chi connectivity index (χ0v) is 15.4. The fraction of sp³-hybridized carbons (Fsp3) is 0.471. The van der Waals surface area contributed by atoms with Crippen LogP contribution in [0.2, 0.25) is 0 Å². The molecule has 1 aromatic carbocycles. The monoisotopic (exact) mass is 362 g/mol. The van der Waals surface area contributed by atoms with Crippen molar-refractivity contribution < 1.29 is 19.2 Å². The smallest absolute Gasteiger partial charge is 0.341 e. The normalized spacial score (nSPS) is 12.7. The van der Waals surface area contributed by atoms with Crippen LogP contribution in [0.15, 0.2) is 18.2 Å². The lowest BCUT2D eigenvalue weighted by Gasteiger charge is -2.27. The molecular formula is C17H22N4O5. The Kier molecular flexibility index (Phi) is 6.66. The molecule has 0 bridgehead atoms. The Labute approximate surface area is 151 Å². The van der Waals surface area contributed by atoms with Gasteiger partial charge in [0.05, 0.1) is 22.2 Å². The molecule has 1 N–H and O–H groups in total. The summed E-state index contributed by atoms with van der Waals surface area (Å²) in [4.78, 5) is 36.2. The van der Waals surface area contributed by atoms with Crippen LogP contribution in [0, 0.1) is 27.4 Å². The number of carbonyl (C=O) groups is 2. The van der Waals surface area contributed by atoms with Crippen LogP contribution in [-0.4, -0.2) is 43.0 Å². The van der Waals surface area contributed by atoms with Gasteiger partial charge in [0.1, 0.15) is 5.54 Å². The van der Waals surface area contributed by atoms with Gasteiger partial charge in [-0.2, -0.15) is 5.26 Å². The molecule has 0 radical (unpaired) electrons. The number of amides is 1. The summed E-state index contributed by atoms with van der Waals surface area (Å²) in [6.45, 7) is 4.53. The molecule has 1 rings (SSSR count). The number of hydrogen-bond donors (Lipinski definition) is 1. The molecule has 0 saturated carbocycles. The van der Waals surface area contributed by atoms with Crippen LogP contribution in [0.3, 0.4) is 0 Å². The Morgan fingerprint density at radius 1 is 1.42 bits per heavy atom. The van der Waals surface area contributed by atoms with Crippen molar-refractivity contribution in [3.8, 4) is 6.07 Å². The molecular weight excluding hydrogens is 340 g/mol. The van der Waals surface area contributed by atoms with Gasteiger partial charge >= 0.3 is 5.97 Å². The van der Waals surface area contributed by atoms with Gasteiger partial charge in [-0.1, -0.05) is 13.8 Å². The van der Waals surface area contributed by atoms with E-state index >= 15 is 0 Å². The van der Waals surface area contributed by atoms with E-state index in [0.29, 0.717) is 5.69 Å². The second-order valence-electron chi connectivity index (χ2n) is 6.45. The molecule has 26 heavy (non-hydrogen) atoms. The number of rotatable bonds is 7. The molecule has 0 unspecified atom stereocenters. The molecule has 0 spiro atoms. The topological polar surface area (TPSA) is 126 Å². The largest absolute Gasteiger partial charge is 0.452 e. The highest BCUT2D eigenvalue weighted by Crippen LogP contribution is 2.25. The summed E-state index contributed by atoms with van der Waals surface area (Å²) < 4.78 is 4.98. The zero-order valence-electron chi connectivity index (χ0n) is 15.4. The van der Waals surface area contributed by atoms with Gasteiger partial charge in [-0.15, -0.1) is 0 Å². The number of anilines is 1. The van der Waals surface area contributed by atoms with Gasteiger partial charge in [0.2, 0.25) is 0 Å². The predicted octanol–water partition coefficient (Wildman–Crippen LogP) is 1.87. The molecule has 0 heterocycles. The number of nitriles is 1. The van der Waals surface area contributed by atoms with Gasteiger partial charge in [0, 0.05) is 26.2 Å². The summed E-state index contributed by atoms with van der Waals surface area (Å²) in [5.41, 5.74) is -0.957. The standard InChI is InChI=1S/C17H22N4O5/c1-11(2)17(3,10-18)19-15(22)9-26-16(23)13-8-12(21(24)25)6-7-14(13)20(4)5/h6-8,11H,9H2,1-5H3,(H,19,22)/t17-/m0/s1. The average molecular weight is 362 g/mol. The summed E-state index contributed by atoms with van der Waals surface area (Å²) >= 11 is 0. The molecule has 140 valence electrons. The van der Waals surface area contributed by atoms with Crippen molar-refractivity contribution in [2.45, 2.75) is 26.3 Å². The van der Waals surface area contributed by atoms with Crippen LogP contribution in [-0.2, 0) is 9.53 Å². The van der Waals surface area contributed by atoms with Crippen molar-refractivity contribution in [3.63, 3.8) is 0 Å². The molecule has 9 nitrogen and oxygen atoms in total. The Morgan fingerprint density at radius 2 is 2.04 bits per heavy atom. The molecule has 0 saturated heterocycles. The third-order valence-electron chi connectivity index (χ3n) is 4.01. The highest BCUT2D eigenvalue weighted by molar-refractivity contribution is 5.97. The molecule has 0 aliphatic heterocycles. The van der Waals surface area contributed by atoms with Crippen LogP contribution in [0.25, 0.3) is 0 Å². The van der Waals surface area contributed by atoms with Crippen LogP contribution in [0.5, 0.6) is 0 Å². The first-order valence-corrected chi connectivity index (χ1v) is 7.87. The van der Waals surface area contributed by atoms with Crippen LogP contribution < -0.4 is 10.2 Å². The fourth-order valence-electron chi connectivity index (χ4n) is 2.03. The van der Waals surface area contributed by atoms with Crippen molar-refractivity contribution in [1.82, 2.24) is 5.32 Å². The first kappa shape index (κ1) is 20.9. The third kappa shape index (κ3) is 4.92. The lowest BCUT2D eigenvalue weighted by atomic mass is 9.90. The number of non-ortho nitro benzene ring substituents is 1. The number of nitro benzene ring substituents is 1. The summed E-state index contributed by atoms with van der Waals surface area (Å²) in [5.74, 6) is -1.65. The van der Waals surface area contributed by atoms with Gasteiger partial charge < -0.3 is 15.0 Å². The van der Waals surface area contributed by atoms with Gasteiger partial charge in [-0.25, -0.2) is 4.79 Å². The lowest BCUT2D eigenvalue weighted by Crippen LogP contribution is -2.50. The summed E-state index contributed by atoms with van der Waals surface area (Å²) in [6, 6.07) is 5.83. The van der Waals surface area contributed by atoms with Gasteiger partial charge in [0.25, 0.3) is 11.6 Å². The zero-order chi connectivity index (χ0) is 20.1. The van der Waals surface area contributed by atoms with Crippen molar-refractivity contribution in [3.05, 3.63) is 33.9 Å². The van der Waals surface area contributed by atoms with E-state index in [1.807, 2.05) is 6.07 Å². The summed E-state index contributed by atoms with van der Waals surface area (Å²) in [5, 5.41) is 22.6. The highest BCUT2D eigenvalue weighted by atomic mass is 16.6. The number of nitro groups is 1.